The van der Waals surface area contributed by atoms with Gasteiger partial charge in [0.15, 0.2) is 13.6 Å². The van der Waals surface area contributed by atoms with Crippen molar-refractivity contribution in [3.05, 3.63) is 83.4 Å². The first-order valence-electron chi connectivity index (χ1n) is 14.4. The Labute approximate surface area is 255 Å². The van der Waals surface area contributed by atoms with Crippen molar-refractivity contribution in [1.29, 1.82) is 0 Å². The van der Waals surface area contributed by atoms with Crippen molar-refractivity contribution >= 4 is 10.1 Å². The summed E-state index contributed by atoms with van der Waals surface area (Å²) in [6.45, 7) is 4.75. The predicted molar refractivity (Wildman–Crippen MR) is 163 cm³/mol. The minimum absolute atomic E-state index is 0.179. The molecule has 10 heteroatoms. The number of methoxy groups -OCH3 is 2. The fraction of sp³-hybridized carbons (Fsp3) is 0.455. The van der Waals surface area contributed by atoms with Crippen LogP contribution in [0.5, 0.6) is 23.0 Å². The second-order valence-corrected chi connectivity index (χ2v) is 12.6. The molecule has 3 aromatic carbocycles. The zero-order chi connectivity index (χ0) is 30.9. The van der Waals surface area contributed by atoms with Gasteiger partial charge in [0.1, 0.15) is 23.0 Å². The molecule has 0 N–H and O–H groups in total. The molecule has 0 saturated heterocycles. The van der Waals surface area contributed by atoms with E-state index in [2.05, 4.69) is 25.1 Å². The van der Waals surface area contributed by atoms with E-state index in [9.17, 15) is 8.42 Å². The molecule has 0 saturated carbocycles. The van der Waals surface area contributed by atoms with E-state index < -0.39 is 16.4 Å². The van der Waals surface area contributed by atoms with Crippen molar-refractivity contribution in [2.24, 2.45) is 0 Å². The monoisotopic (exact) mass is 614 g/mol. The van der Waals surface area contributed by atoms with Gasteiger partial charge in [-0.3, -0.25) is 0 Å². The molecule has 1 aliphatic heterocycles. The van der Waals surface area contributed by atoms with Gasteiger partial charge in [-0.2, -0.15) is 8.42 Å². The zero-order valence-electron chi connectivity index (χ0n) is 25.5. The third-order valence-corrected chi connectivity index (χ3v) is 8.22. The molecule has 0 aliphatic carbocycles. The fourth-order valence-electron chi connectivity index (χ4n) is 5.50. The van der Waals surface area contributed by atoms with Crippen LogP contribution in [-0.2, 0) is 35.6 Å². The standard InChI is InChI=1S/C33H42O9S/c1-24(42-43(5,34)35)41-28-14-10-25(11-15-28)8-6-7-9-31-30-19-18-29(40-23-37-4)20-32(30)38-21-33(31,2)26-12-16-27(17-13-26)39-22-36-3/h10-20,24,31H,6-9,21-23H2,1-5H3. The van der Waals surface area contributed by atoms with Crippen LogP contribution in [0.1, 0.15) is 55.7 Å². The highest BCUT2D eigenvalue weighted by atomic mass is 32.2. The molecular formula is C33H42O9S. The van der Waals surface area contributed by atoms with E-state index in [1.165, 1.54) is 16.7 Å². The second-order valence-electron chi connectivity index (χ2n) is 11.0. The highest BCUT2D eigenvalue weighted by molar-refractivity contribution is 7.86. The van der Waals surface area contributed by atoms with E-state index in [-0.39, 0.29) is 24.9 Å². The summed E-state index contributed by atoms with van der Waals surface area (Å²) in [4.78, 5) is 0. The lowest BCUT2D eigenvalue weighted by molar-refractivity contribution is 0.0290. The first kappa shape index (κ1) is 32.6. The molecule has 0 aromatic heterocycles. The van der Waals surface area contributed by atoms with Gasteiger partial charge in [-0.05, 0) is 73.2 Å². The van der Waals surface area contributed by atoms with Crippen LogP contribution in [0.25, 0.3) is 0 Å². The molecule has 3 aromatic rings. The van der Waals surface area contributed by atoms with Crippen LogP contribution < -0.4 is 18.9 Å². The SMILES string of the molecule is COCOc1ccc(C2(C)COc3cc(OCOC)ccc3C2CCCCc2ccc(OC(C)OS(C)(=O)=O)cc2)cc1. The van der Waals surface area contributed by atoms with Crippen LogP contribution in [0.3, 0.4) is 0 Å². The molecule has 0 radical (unpaired) electrons. The van der Waals surface area contributed by atoms with Gasteiger partial charge in [-0.15, -0.1) is 0 Å². The molecule has 0 bridgehead atoms. The quantitative estimate of drug-likeness (QED) is 0.106. The maximum atomic E-state index is 11.3. The molecule has 0 fully saturated rings. The Morgan fingerprint density at radius 1 is 0.884 bits per heavy atom. The van der Waals surface area contributed by atoms with Gasteiger partial charge >= 0.3 is 0 Å². The Kier molecular flexibility index (Phi) is 11.3. The Hall–Kier alpha value is -3.31. The van der Waals surface area contributed by atoms with Crippen molar-refractivity contribution in [2.75, 3.05) is 40.7 Å². The van der Waals surface area contributed by atoms with Gasteiger partial charge in [-0.1, -0.05) is 43.7 Å². The first-order chi connectivity index (χ1) is 20.6. The topological polar surface area (TPSA) is 98.8 Å². The molecule has 4 rings (SSSR count). The van der Waals surface area contributed by atoms with Crippen LogP contribution in [0.2, 0.25) is 0 Å². The summed E-state index contributed by atoms with van der Waals surface area (Å²) >= 11 is 0. The Bertz CT molecular complexity index is 1410. The van der Waals surface area contributed by atoms with Gasteiger partial charge in [0.05, 0.1) is 12.9 Å². The summed E-state index contributed by atoms with van der Waals surface area (Å²) < 4.78 is 60.8. The van der Waals surface area contributed by atoms with Gasteiger partial charge in [0, 0.05) is 31.6 Å². The maximum Gasteiger partial charge on any atom is 0.267 e. The number of rotatable bonds is 16. The number of hydrogen-bond donors (Lipinski definition) is 0. The van der Waals surface area contributed by atoms with E-state index in [1.54, 1.807) is 21.1 Å². The Morgan fingerprint density at radius 3 is 2.16 bits per heavy atom. The molecule has 3 unspecified atom stereocenters. The van der Waals surface area contributed by atoms with E-state index in [0.717, 1.165) is 43.4 Å². The summed E-state index contributed by atoms with van der Waals surface area (Å²) in [5.74, 6) is 3.11. The van der Waals surface area contributed by atoms with Crippen LogP contribution in [0.15, 0.2) is 66.7 Å². The summed E-state index contributed by atoms with van der Waals surface area (Å²) in [5, 5.41) is 0. The van der Waals surface area contributed by atoms with Gasteiger partial charge in [0.25, 0.3) is 10.1 Å². The van der Waals surface area contributed by atoms with Gasteiger partial charge in [0.2, 0.25) is 6.29 Å². The highest BCUT2D eigenvalue weighted by Gasteiger charge is 2.42. The smallest absolute Gasteiger partial charge is 0.267 e. The average Bonchev–Trinajstić information content (AvgIpc) is 2.98. The first-order valence-corrected chi connectivity index (χ1v) is 16.2. The summed E-state index contributed by atoms with van der Waals surface area (Å²) in [7, 11) is -0.384. The van der Waals surface area contributed by atoms with Crippen molar-refractivity contribution in [1.82, 2.24) is 0 Å². The molecule has 234 valence electrons. The number of unbranched alkanes of at least 4 members (excludes halogenated alkanes) is 1. The Balaban J connectivity index is 1.44. The van der Waals surface area contributed by atoms with Crippen molar-refractivity contribution in [3.8, 4) is 23.0 Å². The predicted octanol–water partition coefficient (Wildman–Crippen LogP) is 6.20. The van der Waals surface area contributed by atoms with Crippen LogP contribution in [-0.4, -0.2) is 55.4 Å². The van der Waals surface area contributed by atoms with Crippen LogP contribution in [0.4, 0.5) is 0 Å². The van der Waals surface area contributed by atoms with Gasteiger partial charge < -0.3 is 28.4 Å². The minimum atomic E-state index is -3.59. The summed E-state index contributed by atoms with van der Waals surface area (Å²) in [5.41, 5.74) is 3.30. The maximum absolute atomic E-state index is 11.3. The molecular weight excluding hydrogens is 572 g/mol. The number of hydrogen-bond acceptors (Lipinski definition) is 9. The Morgan fingerprint density at radius 2 is 1.51 bits per heavy atom. The normalized spacial score (nSPS) is 18.8. The highest BCUT2D eigenvalue weighted by Crippen LogP contribution is 2.50. The molecule has 1 aliphatic rings. The fourth-order valence-corrected chi connectivity index (χ4v) is 6.03. The summed E-state index contributed by atoms with van der Waals surface area (Å²) in [6, 6.07) is 21.9. The van der Waals surface area contributed by atoms with E-state index in [1.807, 2.05) is 48.5 Å². The van der Waals surface area contributed by atoms with E-state index >= 15 is 0 Å². The third-order valence-electron chi connectivity index (χ3n) is 7.60. The molecule has 43 heavy (non-hydrogen) atoms. The lowest BCUT2D eigenvalue weighted by atomic mass is 9.66. The molecule has 3 atom stereocenters. The molecule has 9 nitrogen and oxygen atoms in total. The number of benzene rings is 3. The van der Waals surface area contributed by atoms with Crippen molar-refractivity contribution < 1.29 is 41.0 Å². The summed E-state index contributed by atoms with van der Waals surface area (Å²) in [6.07, 6.45) is 4.03. The molecule has 0 spiro atoms. The van der Waals surface area contributed by atoms with E-state index in [0.29, 0.717) is 18.1 Å². The van der Waals surface area contributed by atoms with Crippen LogP contribution in [0, 0.1) is 0 Å². The lowest BCUT2D eigenvalue weighted by Crippen LogP contribution is -2.40. The van der Waals surface area contributed by atoms with E-state index in [4.69, 9.17) is 32.6 Å². The lowest BCUT2D eigenvalue weighted by Gasteiger charge is -2.43. The van der Waals surface area contributed by atoms with Crippen molar-refractivity contribution in [2.45, 2.75) is 57.2 Å². The minimum Gasteiger partial charge on any atom is -0.492 e. The zero-order valence-corrected chi connectivity index (χ0v) is 26.4. The second kappa shape index (κ2) is 14.9. The number of ether oxygens (including phenoxy) is 6. The van der Waals surface area contributed by atoms with Crippen LogP contribution >= 0.6 is 0 Å². The number of fused-ring (bicyclic) bond motifs is 1. The van der Waals surface area contributed by atoms with Crippen molar-refractivity contribution in [3.63, 3.8) is 0 Å². The molecule has 1 heterocycles. The molecule has 0 amide bonds. The largest absolute Gasteiger partial charge is 0.492 e. The third kappa shape index (κ3) is 9.09. The number of aryl methyl sites for hydroxylation is 1. The average molecular weight is 615 g/mol. The van der Waals surface area contributed by atoms with Gasteiger partial charge in [-0.25, -0.2) is 4.18 Å².